The molecule has 0 N–H and O–H groups in total. The molecular weight excluding hydrogens is 389 g/mol. The number of hydrogen-bond donors (Lipinski definition) is 0. The molecule has 4 aromatic rings. The van der Waals surface area contributed by atoms with E-state index in [-0.39, 0.29) is 0 Å². The van der Waals surface area contributed by atoms with Crippen molar-refractivity contribution in [2.45, 2.75) is 0 Å². The first-order chi connectivity index (χ1) is 12.9. The molecule has 0 atom stereocenters. The summed E-state index contributed by atoms with van der Waals surface area (Å²) >= 11 is -2.91. The Bertz CT molecular complexity index is 1030. The summed E-state index contributed by atoms with van der Waals surface area (Å²) in [5.41, 5.74) is 0. The zero-order valence-corrected chi connectivity index (χ0v) is 17.4. The van der Waals surface area contributed by atoms with E-state index < -0.39 is 22.1 Å². The van der Waals surface area contributed by atoms with E-state index in [1.165, 1.54) is 0 Å². The molecule has 0 fully saturated rings. The van der Waals surface area contributed by atoms with Crippen molar-refractivity contribution < 1.29 is 0 Å². The normalized spacial score (nSPS) is 15.8. The van der Waals surface area contributed by atoms with Crippen LogP contribution in [0.3, 0.4) is 0 Å². The fraction of sp³-hybridized carbons (Fsp3) is 0. The predicted octanol–water partition coefficient (Wildman–Crippen LogP) is 0.207. The van der Waals surface area contributed by atoms with Crippen LogP contribution in [0.1, 0.15) is 0 Å². The van der Waals surface area contributed by atoms with Crippen molar-refractivity contribution in [3.8, 4) is 0 Å². The molecule has 3 aliphatic heterocycles. The van der Waals surface area contributed by atoms with E-state index in [1.54, 1.807) is 33.1 Å². The third-order valence-electron chi connectivity index (χ3n) is 6.01. The van der Waals surface area contributed by atoms with E-state index in [4.69, 9.17) is 0 Å². The van der Waals surface area contributed by atoms with Gasteiger partial charge in [-0.05, 0) is 0 Å². The van der Waals surface area contributed by atoms with Gasteiger partial charge in [0.05, 0.1) is 0 Å². The van der Waals surface area contributed by atoms with Crippen LogP contribution in [-0.4, -0.2) is 22.1 Å². The maximum absolute atomic E-state index is 2.91. The summed E-state index contributed by atoms with van der Waals surface area (Å²) in [5.74, 6) is 0. The summed E-state index contributed by atoms with van der Waals surface area (Å²) in [6.07, 6.45) is 0. The van der Waals surface area contributed by atoms with Crippen molar-refractivity contribution in [1.29, 1.82) is 0 Å². The van der Waals surface area contributed by atoms with Gasteiger partial charge in [-0.2, -0.15) is 0 Å². The van der Waals surface area contributed by atoms with E-state index >= 15 is 0 Å². The van der Waals surface area contributed by atoms with Crippen LogP contribution in [0, 0.1) is 0 Å². The van der Waals surface area contributed by atoms with Crippen LogP contribution in [0.25, 0.3) is 0 Å². The van der Waals surface area contributed by atoms with Gasteiger partial charge in [0.2, 0.25) is 0 Å². The molecule has 7 rings (SSSR count). The quantitative estimate of drug-likeness (QED) is 0.343. The van der Waals surface area contributed by atoms with Gasteiger partial charge in [0.1, 0.15) is 0 Å². The van der Waals surface area contributed by atoms with Crippen LogP contribution in [0.2, 0.25) is 0 Å². The first kappa shape index (κ1) is 14.8. The molecule has 0 saturated carbocycles. The van der Waals surface area contributed by atoms with Crippen LogP contribution in [0.4, 0.5) is 0 Å². The van der Waals surface area contributed by atoms with Gasteiger partial charge in [0.15, 0.2) is 0 Å². The Morgan fingerprint density at radius 3 is 1.27 bits per heavy atom. The van der Waals surface area contributed by atoms with Crippen molar-refractivity contribution >= 4 is 55.2 Å². The first-order valence-corrected chi connectivity index (χ1v) is 14.8. The summed E-state index contributed by atoms with van der Waals surface area (Å²) in [7, 11) is -0.890. The third kappa shape index (κ3) is 1.65. The van der Waals surface area contributed by atoms with E-state index in [9.17, 15) is 0 Å². The van der Waals surface area contributed by atoms with Crippen molar-refractivity contribution in [2.75, 3.05) is 0 Å². The van der Waals surface area contributed by atoms with Gasteiger partial charge in [-0.15, -0.1) is 0 Å². The average Bonchev–Trinajstić information content (AvgIpc) is 2.74. The molecule has 0 unspecified atom stereocenters. The van der Waals surface area contributed by atoms with Crippen LogP contribution in [0.15, 0.2) is 103 Å². The second-order valence-electron chi connectivity index (χ2n) is 7.13. The second-order valence-corrected chi connectivity index (χ2v) is 17.2. The molecule has 26 heavy (non-hydrogen) atoms. The van der Waals surface area contributed by atoms with Crippen LogP contribution in [0.5, 0.6) is 0 Å². The first-order valence-electron chi connectivity index (χ1n) is 9.14. The van der Waals surface area contributed by atoms with Crippen LogP contribution in [-0.2, 0) is 0 Å². The summed E-state index contributed by atoms with van der Waals surface area (Å²) in [6.45, 7) is 0. The Kier molecular flexibility index (Phi) is 3.02. The molecule has 4 aromatic carbocycles. The zero-order valence-electron chi connectivity index (χ0n) is 14.3. The summed E-state index contributed by atoms with van der Waals surface area (Å²) in [4.78, 5) is 0. The average molecular weight is 406 g/mol. The molecule has 3 heterocycles. The SMILES string of the molecule is c1cc[c]([Ge]23[c]4ccccc4[Si](c4cccc[c]42)c2cccc[c]23)cc1. The van der Waals surface area contributed by atoms with Gasteiger partial charge in [0.25, 0.3) is 0 Å². The van der Waals surface area contributed by atoms with E-state index in [2.05, 4.69) is 103 Å². The van der Waals surface area contributed by atoms with Gasteiger partial charge < -0.3 is 0 Å². The molecule has 3 aliphatic rings. The Balaban J connectivity index is 1.87. The molecular formula is C24H17GeSi. The van der Waals surface area contributed by atoms with Crippen molar-refractivity contribution in [1.82, 2.24) is 0 Å². The Labute approximate surface area is 158 Å². The van der Waals surface area contributed by atoms with E-state index in [0.717, 1.165) is 0 Å². The maximum atomic E-state index is 2.44. The zero-order chi connectivity index (χ0) is 17.1. The van der Waals surface area contributed by atoms with Crippen LogP contribution < -0.4 is 33.1 Å². The summed E-state index contributed by atoms with van der Waals surface area (Å²) in [5, 5.41) is 4.91. The molecule has 2 bridgehead atoms. The van der Waals surface area contributed by atoms with Gasteiger partial charge in [0, 0.05) is 0 Å². The second kappa shape index (κ2) is 5.32. The van der Waals surface area contributed by atoms with Gasteiger partial charge >= 0.3 is 158 Å². The van der Waals surface area contributed by atoms with Crippen molar-refractivity contribution in [2.24, 2.45) is 0 Å². The van der Waals surface area contributed by atoms with Crippen molar-refractivity contribution in [3.63, 3.8) is 0 Å². The van der Waals surface area contributed by atoms with Gasteiger partial charge in [-0.25, -0.2) is 0 Å². The molecule has 0 amide bonds. The van der Waals surface area contributed by atoms with E-state index in [1.807, 2.05) is 0 Å². The topological polar surface area (TPSA) is 0 Å². The van der Waals surface area contributed by atoms with E-state index in [0.29, 0.717) is 0 Å². The Morgan fingerprint density at radius 1 is 0.423 bits per heavy atom. The van der Waals surface area contributed by atoms with Gasteiger partial charge in [-0.3, -0.25) is 0 Å². The molecule has 0 nitrogen and oxygen atoms in total. The summed E-state index contributed by atoms with van der Waals surface area (Å²) in [6, 6.07) is 39.4. The van der Waals surface area contributed by atoms with Gasteiger partial charge in [-0.1, -0.05) is 0 Å². The fourth-order valence-corrected chi connectivity index (χ4v) is 23.6. The monoisotopic (exact) mass is 407 g/mol. The van der Waals surface area contributed by atoms with Crippen LogP contribution >= 0.6 is 0 Å². The number of rotatable bonds is 1. The standard InChI is InChI=1S/C24H17GeSi/c1-2-10-18(11-3-1)25-19-12-4-7-15-22(19)26(23-16-8-5-13-20(23)25)24-17-9-6-14-21(24)25/h1-17H. The molecule has 0 aromatic heterocycles. The fourth-order valence-electron chi connectivity index (χ4n) is 5.11. The number of benzene rings is 4. The number of hydrogen-bond acceptors (Lipinski definition) is 0. The molecule has 1 radical (unpaired) electrons. The minimum atomic E-state index is -2.91. The van der Waals surface area contributed by atoms with Crippen molar-refractivity contribution in [3.05, 3.63) is 103 Å². The predicted molar refractivity (Wildman–Crippen MR) is 115 cm³/mol. The summed E-state index contributed by atoms with van der Waals surface area (Å²) < 4.78 is 6.57. The molecule has 2 heteroatoms. The molecule has 0 saturated heterocycles. The Morgan fingerprint density at radius 2 is 0.808 bits per heavy atom. The minimum absolute atomic E-state index is 0.890. The molecule has 121 valence electrons. The third-order valence-corrected chi connectivity index (χ3v) is 20.9. The molecule has 0 spiro atoms. The Hall–Kier alpha value is -2.36. The molecule has 0 aliphatic carbocycles.